The van der Waals surface area contributed by atoms with Crippen LogP contribution in [0.25, 0.3) is 10.6 Å². The Morgan fingerprint density at radius 3 is 2.81 bits per heavy atom. The van der Waals surface area contributed by atoms with Crippen molar-refractivity contribution in [3.63, 3.8) is 0 Å². The number of rotatable bonds is 6. The molecule has 0 aliphatic carbocycles. The van der Waals surface area contributed by atoms with Gasteiger partial charge in [-0.1, -0.05) is 29.8 Å². The van der Waals surface area contributed by atoms with E-state index in [2.05, 4.69) is 51.4 Å². The lowest BCUT2D eigenvalue weighted by Gasteiger charge is -2.32. The van der Waals surface area contributed by atoms with Crippen LogP contribution in [0, 0.1) is 0 Å². The van der Waals surface area contributed by atoms with Crippen LogP contribution in [0.3, 0.4) is 0 Å². The summed E-state index contributed by atoms with van der Waals surface area (Å²) in [5.41, 5.74) is 3.33. The van der Waals surface area contributed by atoms with Gasteiger partial charge in [-0.3, -0.25) is 9.69 Å². The number of likely N-dealkylation sites (N-methyl/N-ethyl adjacent to an activating group) is 1. The van der Waals surface area contributed by atoms with Crippen LogP contribution in [0.15, 0.2) is 47.8 Å². The average molecular weight is 457 g/mol. The Kier molecular flexibility index (Phi) is 6.87. The van der Waals surface area contributed by atoms with E-state index in [0.29, 0.717) is 16.4 Å². The molecule has 0 atom stereocenters. The van der Waals surface area contributed by atoms with E-state index in [0.717, 1.165) is 43.3 Å². The summed E-state index contributed by atoms with van der Waals surface area (Å²) in [4.78, 5) is 21.9. The third kappa shape index (κ3) is 5.83. The summed E-state index contributed by atoms with van der Waals surface area (Å²) in [6, 6.07) is 13.0. The maximum atomic E-state index is 12.4. The number of nitrogens with zero attached hydrogens (tertiary/aromatic N) is 3. The van der Waals surface area contributed by atoms with E-state index in [4.69, 9.17) is 11.6 Å². The summed E-state index contributed by atoms with van der Waals surface area (Å²) in [6.45, 7) is 5.30. The molecule has 1 fully saturated rings. The number of thiazole rings is 1. The van der Waals surface area contributed by atoms with Gasteiger partial charge in [0.1, 0.15) is 10.8 Å². The van der Waals surface area contributed by atoms with Gasteiger partial charge in [-0.25, -0.2) is 4.98 Å². The number of nitrogens with one attached hydrogen (secondary N) is 1. The highest BCUT2D eigenvalue weighted by Gasteiger charge is 2.15. The summed E-state index contributed by atoms with van der Waals surface area (Å²) in [7, 11) is 2.16. The normalized spacial score (nSPS) is 15.2. The molecule has 1 aliphatic rings. The summed E-state index contributed by atoms with van der Waals surface area (Å²) in [5.74, 6) is -0.271. The molecule has 6 nitrogen and oxygen atoms in total. The first-order valence-corrected chi connectivity index (χ1v) is 11.4. The van der Waals surface area contributed by atoms with Crippen molar-refractivity contribution in [3.8, 4) is 16.3 Å². The molecule has 1 amide bonds. The van der Waals surface area contributed by atoms with Gasteiger partial charge in [-0.15, -0.1) is 11.3 Å². The minimum absolute atomic E-state index is 0.0196. The molecule has 2 N–H and O–H groups in total. The third-order valence-electron chi connectivity index (χ3n) is 5.30. The number of carbonyl (C=O) groups excluding carboxylic acids is 1. The average Bonchev–Trinajstić information content (AvgIpc) is 3.21. The highest BCUT2D eigenvalue weighted by molar-refractivity contribution is 7.13. The SMILES string of the molecule is CN1CCN(Cc2cccc(-c3nc(CC(=O)Nc4cc(Cl)ccc4O)cs3)c2)CC1. The Morgan fingerprint density at radius 1 is 1.19 bits per heavy atom. The first-order chi connectivity index (χ1) is 15.0. The molecule has 2 aromatic carbocycles. The molecule has 1 aromatic heterocycles. The van der Waals surface area contributed by atoms with Gasteiger partial charge in [-0.2, -0.15) is 0 Å². The van der Waals surface area contributed by atoms with Crippen molar-refractivity contribution in [2.45, 2.75) is 13.0 Å². The van der Waals surface area contributed by atoms with Gasteiger partial charge >= 0.3 is 0 Å². The van der Waals surface area contributed by atoms with Crippen LogP contribution in [0.2, 0.25) is 5.02 Å². The lowest BCUT2D eigenvalue weighted by Crippen LogP contribution is -2.43. The fourth-order valence-electron chi connectivity index (χ4n) is 3.55. The molecule has 0 bridgehead atoms. The maximum absolute atomic E-state index is 12.4. The minimum atomic E-state index is -0.252. The van der Waals surface area contributed by atoms with Crippen molar-refractivity contribution in [2.75, 3.05) is 38.5 Å². The number of benzene rings is 2. The van der Waals surface area contributed by atoms with E-state index in [-0.39, 0.29) is 18.1 Å². The summed E-state index contributed by atoms with van der Waals surface area (Å²) >= 11 is 7.46. The summed E-state index contributed by atoms with van der Waals surface area (Å²) in [5, 5.41) is 15.8. The number of carbonyl (C=O) groups is 1. The molecule has 0 unspecified atom stereocenters. The summed E-state index contributed by atoms with van der Waals surface area (Å²) in [6.07, 6.45) is 0.128. The number of halogens is 1. The van der Waals surface area contributed by atoms with Crippen molar-refractivity contribution in [3.05, 3.63) is 64.1 Å². The molecular weight excluding hydrogens is 432 g/mol. The van der Waals surface area contributed by atoms with E-state index < -0.39 is 0 Å². The molecule has 0 spiro atoms. The number of aromatic hydroxyl groups is 1. The zero-order valence-electron chi connectivity index (χ0n) is 17.3. The number of hydrogen-bond acceptors (Lipinski definition) is 6. The lowest BCUT2D eigenvalue weighted by atomic mass is 10.1. The van der Waals surface area contributed by atoms with E-state index in [1.54, 1.807) is 6.07 Å². The van der Waals surface area contributed by atoms with E-state index in [1.165, 1.54) is 29.0 Å². The van der Waals surface area contributed by atoms with Crippen molar-refractivity contribution >= 4 is 34.5 Å². The second-order valence-corrected chi connectivity index (χ2v) is 9.10. The molecule has 1 aliphatic heterocycles. The number of phenolic OH excluding ortho intramolecular Hbond substituents is 1. The van der Waals surface area contributed by atoms with E-state index >= 15 is 0 Å². The number of phenols is 1. The van der Waals surface area contributed by atoms with Crippen LogP contribution in [0.1, 0.15) is 11.3 Å². The predicted octanol–water partition coefficient (Wildman–Crippen LogP) is 4.10. The monoisotopic (exact) mass is 456 g/mol. The topological polar surface area (TPSA) is 68.7 Å². The van der Waals surface area contributed by atoms with Crippen LogP contribution >= 0.6 is 22.9 Å². The van der Waals surface area contributed by atoms with Crippen LogP contribution < -0.4 is 5.32 Å². The standard InChI is InChI=1S/C23H25ClN4O2S/c1-27-7-9-28(10-8-27)14-16-3-2-4-17(11-16)23-25-19(15-31-23)13-22(30)26-20-12-18(24)5-6-21(20)29/h2-6,11-12,15,29H,7-10,13-14H2,1H3,(H,26,30). The lowest BCUT2D eigenvalue weighted by molar-refractivity contribution is -0.115. The van der Waals surface area contributed by atoms with Crippen molar-refractivity contribution in [1.82, 2.24) is 14.8 Å². The molecular formula is C23H25ClN4O2S. The number of anilines is 1. The Morgan fingerprint density at radius 2 is 2.00 bits per heavy atom. The molecule has 3 aromatic rings. The molecule has 162 valence electrons. The van der Waals surface area contributed by atoms with Gasteiger partial charge in [-0.05, 0) is 36.9 Å². The first kappa shape index (κ1) is 21.8. The Hall–Kier alpha value is -2.45. The number of piperazine rings is 1. The fourth-order valence-corrected chi connectivity index (χ4v) is 4.54. The summed E-state index contributed by atoms with van der Waals surface area (Å²) < 4.78 is 0. The zero-order valence-corrected chi connectivity index (χ0v) is 18.9. The van der Waals surface area contributed by atoms with E-state index in [9.17, 15) is 9.90 Å². The zero-order chi connectivity index (χ0) is 21.8. The number of hydrogen-bond donors (Lipinski definition) is 2. The third-order valence-corrected chi connectivity index (χ3v) is 6.48. The molecule has 0 radical (unpaired) electrons. The quantitative estimate of drug-likeness (QED) is 0.546. The van der Waals surface area contributed by atoms with Crippen LogP contribution in [0.5, 0.6) is 5.75 Å². The Labute approximate surface area is 191 Å². The van der Waals surface area contributed by atoms with Crippen LogP contribution in [-0.2, 0) is 17.8 Å². The van der Waals surface area contributed by atoms with Crippen LogP contribution in [0.4, 0.5) is 5.69 Å². The van der Waals surface area contributed by atoms with Gasteiger partial charge in [0, 0.05) is 48.7 Å². The van der Waals surface area contributed by atoms with Crippen molar-refractivity contribution < 1.29 is 9.90 Å². The second-order valence-electron chi connectivity index (χ2n) is 7.81. The minimum Gasteiger partial charge on any atom is -0.506 e. The largest absolute Gasteiger partial charge is 0.506 e. The molecule has 1 saturated heterocycles. The molecule has 0 saturated carbocycles. The van der Waals surface area contributed by atoms with Gasteiger partial charge in [0.05, 0.1) is 17.8 Å². The highest BCUT2D eigenvalue weighted by atomic mass is 35.5. The van der Waals surface area contributed by atoms with Gasteiger partial charge in [0.2, 0.25) is 5.91 Å². The van der Waals surface area contributed by atoms with Crippen molar-refractivity contribution in [1.29, 1.82) is 0 Å². The van der Waals surface area contributed by atoms with E-state index in [1.807, 2.05) is 5.38 Å². The highest BCUT2D eigenvalue weighted by Crippen LogP contribution is 2.28. The second kappa shape index (κ2) is 9.78. The Bertz CT molecular complexity index is 1060. The van der Waals surface area contributed by atoms with Gasteiger partial charge in [0.15, 0.2) is 0 Å². The smallest absolute Gasteiger partial charge is 0.230 e. The van der Waals surface area contributed by atoms with Crippen LogP contribution in [-0.4, -0.2) is 59.0 Å². The molecule has 8 heteroatoms. The first-order valence-electron chi connectivity index (χ1n) is 10.2. The maximum Gasteiger partial charge on any atom is 0.230 e. The Balaban J connectivity index is 1.39. The molecule has 2 heterocycles. The molecule has 4 rings (SSSR count). The fraction of sp³-hybridized carbons (Fsp3) is 0.304. The van der Waals surface area contributed by atoms with Gasteiger partial charge < -0.3 is 15.3 Å². The molecule has 31 heavy (non-hydrogen) atoms. The van der Waals surface area contributed by atoms with Gasteiger partial charge in [0.25, 0.3) is 0 Å². The number of aromatic nitrogens is 1. The predicted molar refractivity (Wildman–Crippen MR) is 126 cm³/mol. The van der Waals surface area contributed by atoms with Crippen molar-refractivity contribution in [2.24, 2.45) is 0 Å². The number of amides is 1.